The van der Waals surface area contributed by atoms with Gasteiger partial charge in [-0.2, -0.15) is 18.4 Å². The monoisotopic (exact) mass is 486 g/mol. The van der Waals surface area contributed by atoms with Crippen molar-refractivity contribution in [3.05, 3.63) is 65.2 Å². The summed E-state index contributed by atoms with van der Waals surface area (Å²) < 4.78 is 46.4. The fourth-order valence-electron chi connectivity index (χ4n) is 5.21. The van der Waals surface area contributed by atoms with Crippen molar-refractivity contribution < 1.29 is 22.7 Å². The number of benzene rings is 2. The van der Waals surface area contributed by atoms with Gasteiger partial charge in [0.25, 0.3) is 0 Å². The summed E-state index contributed by atoms with van der Waals surface area (Å²) in [5.41, 5.74) is -0.254. The van der Waals surface area contributed by atoms with E-state index in [1.807, 2.05) is 42.2 Å². The molecule has 0 aliphatic carbocycles. The molecule has 2 fully saturated rings. The molecular weight excluding hydrogens is 457 g/mol. The summed E-state index contributed by atoms with van der Waals surface area (Å²) in [4.78, 5) is 16.7. The van der Waals surface area contributed by atoms with Crippen LogP contribution in [0.25, 0.3) is 0 Å². The number of amides is 2. The van der Waals surface area contributed by atoms with Crippen LogP contribution in [0.5, 0.6) is 0 Å². The van der Waals surface area contributed by atoms with Crippen LogP contribution < -0.4 is 10.2 Å². The van der Waals surface area contributed by atoms with Gasteiger partial charge in [0, 0.05) is 50.4 Å². The lowest BCUT2D eigenvalue weighted by atomic mass is 9.74. The Hall–Kier alpha value is -3.25. The first kappa shape index (κ1) is 24.9. The SMILES string of the molecule is CCOCC12CN(C(=O)NCc3ccccc3)CCC1CN(c1ccc(C#N)c(C(F)(F)F)c1)C2. The molecule has 0 saturated carbocycles. The molecule has 2 atom stereocenters. The quantitative estimate of drug-likeness (QED) is 0.645. The number of alkyl halides is 3. The molecule has 35 heavy (non-hydrogen) atoms. The van der Waals surface area contributed by atoms with Gasteiger partial charge in [-0.15, -0.1) is 0 Å². The molecule has 2 aromatic carbocycles. The molecule has 2 aliphatic rings. The number of rotatable bonds is 6. The van der Waals surface area contributed by atoms with Crippen molar-refractivity contribution in [1.29, 1.82) is 5.26 Å². The first-order valence-corrected chi connectivity index (χ1v) is 11.8. The topological polar surface area (TPSA) is 68.6 Å². The predicted octanol–water partition coefficient (Wildman–Crippen LogP) is 4.65. The first-order valence-electron chi connectivity index (χ1n) is 11.8. The van der Waals surface area contributed by atoms with Gasteiger partial charge in [0.2, 0.25) is 0 Å². The molecule has 4 rings (SSSR count). The second kappa shape index (κ2) is 10.2. The highest BCUT2D eigenvalue weighted by Gasteiger charge is 2.51. The van der Waals surface area contributed by atoms with Crippen molar-refractivity contribution in [2.24, 2.45) is 11.3 Å². The summed E-state index contributed by atoms with van der Waals surface area (Å²) in [6.45, 7) is 5.38. The second-order valence-corrected chi connectivity index (χ2v) is 9.27. The highest BCUT2D eigenvalue weighted by atomic mass is 19.4. The summed E-state index contributed by atoms with van der Waals surface area (Å²) in [6.07, 6.45) is -3.87. The number of ether oxygens (including phenoxy) is 1. The number of halogens is 3. The Morgan fingerprint density at radius 3 is 2.69 bits per heavy atom. The molecular formula is C26H29F3N4O2. The van der Waals surface area contributed by atoms with Gasteiger partial charge in [0.15, 0.2) is 0 Å². The minimum absolute atomic E-state index is 0.153. The second-order valence-electron chi connectivity index (χ2n) is 9.27. The average Bonchev–Trinajstić information content (AvgIpc) is 3.25. The van der Waals surface area contributed by atoms with Crippen LogP contribution >= 0.6 is 0 Å². The number of carbonyl (C=O) groups is 1. The molecule has 1 N–H and O–H groups in total. The third-order valence-corrected chi connectivity index (χ3v) is 7.03. The molecule has 2 aliphatic heterocycles. The standard InChI is InChI=1S/C26H29F3N4O2/c1-2-35-18-25-16-32(24(34)31-14-19-6-4-3-5-7-19)11-10-21(25)15-33(17-25)22-9-8-20(13-30)23(12-22)26(27,28)29/h3-9,12,21H,2,10-11,14-18H2,1H3,(H,31,34). The Morgan fingerprint density at radius 2 is 2.00 bits per heavy atom. The van der Waals surface area contributed by atoms with E-state index in [1.165, 1.54) is 6.07 Å². The van der Waals surface area contributed by atoms with Gasteiger partial charge >= 0.3 is 12.2 Å². The van der Waals surface area contributed by atoms with E-state index in [1.54, 1.807) is 17.0 Å². The Morgan fingerprint density at radius 1 is 1.23 bits per heavy atom. The van der Waals surface area contributed by atoms with E-state index in [4.69, 9.17) is 10.00 Å². The summed E-state index contributed by atoms with van der Waals surface area (Å²) in [5, 5.41) is 12.1. The zero-order chi connectivity index (χ0) is 25.1. The van der Waals surface area contributed by atoms with Crippen molar-refractivity contribution in [3.63, 3.8) is 0 Å². The van der Waals surface area contributed by atoms with Gasteiger partial charge < -0.3 is 19.9 Å². The van der Waals surface area contributed by atoms with Crippen LogP contribution in [0.15, 0.2) is 48.5 Å². The molecule has 2 heterocycles. The number of anilines is 1. The molecule has 9 heteroatoms. The number of nitrogens with one attached hydrogen (secondary N) is 1. The third kappa shape index (κ3) is 5.38. The lowest BCUT2D eigenvalue weighted by Crippen LogP contribution is -2.55. The van der Waals surface area contributed by atoms with Gasteiger partial charge in [-0.3, -0.25) is 0 Å². The fraction of sp³-hybridized carbons (Fsp3) is 0.462. The Balaban J connectivity index is 1.52. The summed E-state index contributed by atoms with van der Waals surface area (Å²) in [5.74, 6) is 0.178. The van der Waals surface area contributed by atoms with Crippen LogP contribution in [0.4, 0.5) is 23.7 Å². The van der Waals surface area contributed by atoms with Crippen molar-refractivity contribution in [2.45, 2.75) is 26.1 Å². The number of nitrogens with zero attached hydrogens (tertiary/aromatic N) is 3. The summed E-state index contributed by atoms with van der Waals surface area (Å²) in [6, 6.07) is 15.0. The number of nitriles is 1. The Bertz CT molecular complexity index is 1090. The molecule has 6 nitrogen and oxygen atoms in total. The minimum atomic E-state index is -4.61. The predicted molar refractivity (Wildman–Crippen MR) is 126 cm³/mol. The third-order valence-electron chi connectivity index (χ3n) is 7.03. The molecule has 2 saturated heterocycles. The summed E-state index contributed by atoms with van der Waals surface area (Å²) >= 11 is 0. The maximum absolute atomic E-state index is 13.5. The molecule has 186 valence electrons. The van der Waals surface area contributed by atoms with Crippen molar-refractivity contribution in [3.8, 4) is 6.07 Å². The van der Waals surface area contributed by atoms with Crippen molar-refractivity contribution in [2.75, 3.05) is 44.3 Å². The molecule has 2 amide bonds. The number of carbonyl (C=O) groups excluding carboxylic acids is 1. The van der Waals surface area contributed by atoms with Gasteiger partial charge in [0.05, 0.1) is 23.8 Å². The molecule has 0 aromatic heterocycles. The van der Waals surface area contributed by atoms with Gasteiger partial charge in [-0.25, -0.2) is 4.79 Å². The zero-order valence-electron chi connectivity index (χ0n) is 19.6. The van der Waals surface area contributed by atoms with Gasteiger partial charge in [-0.1, -0.05) is 30.3 Å². The number of likely N-dealkylation sites (tertiary alicyclic amines) is 1. The van der Waals surface area contributed by atoms with E-state index in [0.717, 1.165) is 18.1 Å². The Labute approximate surface area is 203 Å². The molecule has 0 spiro atoms. The number of hydrogen-bond donors (Lipinski definition) is 1. The van der Waals surface area contributed by atoms with E-state index >= 15 is 0 Å². The largest absolute Gasteiger partial charge is 0.417 e. The van der Waals surface area contributed by atoms with E-state index in [0.29, 0.717) is 51.6 Å². The number of urea groups is 1. The molecule has 2 aromatic rings. The highest BCUT2D eigenvalue weighted by molar-refractivity contribution is 5.74. The molecule has 0 bridgehead atoms. The van der Waals surface area contributed by atoms with Crippen LogP contribution in [-0.4, -0.2) is 50.3 Å². The highest BCUT2D eigenvalue weighted by Crippen LogP contribution is 2.45. The van der Waals surface area contributed by atoms with Crippen molar-refractivity contribution >= 4 is 11.7 Å². The number of fused-ring (bicyclic) bond motifs is 1. The van der Waals surface area contributed by atoms with E-state index < -0.39 is 11.7 Å². The van der Waals surface area contributed by atoms with Crippen LogP contribution in [0.1, 0.15) is 30.0 Å². The molecule has 2 unspecified atom stereocenters. The van der Waals surface area contributed by atoms with E-state index in [-0.39, 0.29) is 22.9 Å². The normalized spacial score (nSPS) is 22.0. The molecule has 0 radical (unpaired) electrons. The van der Waals surface area contributed by atoms with Crippen molar-refractivity contribution in [1.82, 2.24) is 10.2 Å². The lowest BCUT2D eigenvalue weighted by molar-refractivity contribution is -0.137. The minimum Gasteiger partial charge on any atom is -0.381 e. The number of piperidine rings is 1. The smallest absolute Gasteiger partial charge is 0.381 e. The zero-order valence-corrected chi connectivity index (χ0v) is 19.6. The van der Waals surface area contributed by atoms with Crippen LogP contribution in [-0.2, 0) is 17.5 Å². The van der Waals surface area contributed by atoms with E-state index in [2.05, 4.69) is 5.32 Å². The van der Waals surface area contributed by atoms with Gasteiger partial charge in [0.1, 0.15) is 0 Å². The maximum Gasteiger partial charge on any atom is 0.417 e. The summed E-state index contributed by atoms with van der Waals surface area (Å²) in [7, 11) is 0. The van der Waals surface area contributed by atoms with E-state index in [9.17, 15) is 18.0 Å². The van der Waals surface area contributed by atoms with Crippen LogP contribution in [0.3, 0.4) is 0 Å². The fourth-order valence-corrected chi connectivity index (χ4v) is 5.21. The number of hydrogen-bond acceptors (Lipinski definition) is 4. The van der Waals surface area contributed by atoms with Crippen LogP contribution in [0.2, 0.25) is 0 Å². The average molecular weight is 487 g/mol. The van der Waals surface area contributed by atoms with Gasteiger partial charge in [-0.05, 0) is 43.0 Å². The Kier molecular flexibility index (Phi) is 7.22. The van der Waals surface area contributed by atoms with Crippen LogP contribution in [0, 0.1) is 22.7 Å². The maximum atomic E-state index is 13.5. The lowest BCUT2D eigenvalue weighted by Gasteiger charge is -2.43. The first-order chi connectivity index (χ1) is 16.8.